The molecule has 0 aliphatic carbocycles. The summed E-state index contributed by atoms with van der Waals surface area (Å²) in [6.07, 6.45) is 5.17. The molecule has 0 unspecified atom stereocenters. The van der Waals surface area contributed by atoms with Crippen molar-refractivity contribution in [1.82, 2.24) is 14.4 Å². The number of carbonyl (C=O) groups excluding carboxylic acids is 1. The van der Waals surface area contributed by atoms with Crippen molar-refractivity contribution in [2.45, 2.75) is 13.5 Å². The molecule has 0 atom stereocenters. The van der Waals surface area contributed by atoms with E-state index in [2.05, 4.69) is 15.3 Å². The normalized spacial score (nSPS) is 10.7. The van der Waals surface area contributed by atoms with Crippen LogP contribution < -0.4 is 14.8 Å². The minimum absolute atomic E-state index is 0.295. The predicted molar refractivity (Wildman–Crippen MR) is 109 cm³/mol. The maximum Gasteiger partial charge on any atom is 0.275 e. The van der Waals surface area contributed by atoms with E-state index in [-0.39, 0.29) is 5.91 Å². The SMILES string of the molecule is COc1ccc(NC(=O)c2cn3c(C)cccc3n2)cc1OCc1cccnc1. The third-order valence-corrected chi connectivity index (χ3v) is 4.47. The van der Waals surface area contributed by atoms with Crippen LogP contribution in [-0.2, 0) is 6.61 Å². The standard InChI is InChI=1S/C22H20N4O3/c1-15-5-3-7-21-25-18(13-26(15)21)22(27)24-17-8-9-19(28-2)20(11-17)29-14-16-6-4-10-23-12-16/h3-13H,14H2,1-2H3,(H,24,27). The Morgan fingerprint density at radius 3 is 2.79 bits per heavy atom. The Balaban J connectivity index is 1.53. The second-order valence-electron chi connectivity index (χ2n) is 6.49. The number of nitrogens with one attached hydrogen (secondary N) is 1. The number of rotatable bonds is 6. The van der Waals surface area contributed by atoms with Crippen molar-refractivity contribution >= 4 is 17.2 Å². The second-order valence-corrected chi connectivity index (χ2v) is 6.49. The first kappa shape index (κ1) is 18.5. The summed E-state index contributed by atoms with van der Waals surface area (Å²) in [6, 6.07) is 14.8. The van der Waals surface area contributed by atoms with Gasteiger partial charge in [0.1, 0.15) is 17.9 Å². The maximum atomic E-state index is 12.7. The van der Waals surface area contributed by atoms with Crippen LogP contribution in [-0.4, -0.2) is 27.4 Å². The maximum absolute atomic E-state index is 12.7. The summed E-state index contributed by atoms with van der Waals surface area (Å²) in [5.41, 5.74) is 3.60. The first-order valence-corrected chi connectivity index (χ1v) is 9.10. The molecule has 0 saturated heterocycles. The first-order valence-electron chi connectivity index (χ1n) is 9.10. The van der Waals surface area contributed by atoms with Gasteiger partial charge in [0.2, 0.25) is 0 Å². The molecule has 1 N–H and O–H groups in total. The van der Waals surface area contributed by atoms with Crippen LogP contribution in [0.25, 0.3) is 5.65 Å². The fourth-order valence-electron chi connectivity index (χ4n) is 2.96. The van der Waals surface area contributed by atoms with E-state index < -0.39 is 0 Å². The van der Waals surface area contributed by atoms with Gasteiger partial charge in [-0.2, -0.15) is 0 Å². The summed E-state index contributed by atoms with van der Waals surface area (Å²) < 4.78 is 13.1. The number of ether oxygens (including phenoxy) is 2. The number of carbonyl (C=O) groups is 1. The van der Waals surface area contributed by atoms with Gasteiger partial charge in [0.15, 0.2) is 11.5 Å². The van der Waals surface area contributed by atoms with Crippen LogP contribution in [0.5, 0.6) is 11.5 Å². The lowest BCUT2D eigenvalue weighted by molar-refractivity contribution is 0.102. The molecule has 146 valence electrons. The van der Waals surface area contributed by atoms with E-state index in [1.165, 1.54) is 0 Å². The molecule has 0 aliphatic heterocycles. The van der Waals surface area contributed by atoms with E-state index >= 15 is 0 Å². The Morgan fingerprint density at radius 2 is 2.03 bits per heavy atom. The number of hydrogen-bond donors (Lipinski definition) is 1. The largest absolute Gasteiger partial charge is 0.493 e. The number of nitrogens with zero attached hydrogens (tertiary/aromatic N) is 3. The van der Waals surface area contributed by atoms with Crippen molar-refractivity contribution < 1.29 is 14.3 Å². The molecule has 1 aromatic carbocycles. The van der Waals surface area contributed by atoms with Crippen LogP contribution in [0.15, 0.2) is 67.1 Å². The van der Waals surface area contributed by atoms with Crippen LogP contribution in [0.2, 0.25) is 0 Å². The van der Waals surface area contributed by atoms with Crippen LogP contribution in [0, 0.1) is 6.92 Å². The lowest BCUT2D eigenvalue weighted by atomic mass is 10.2. The number of aromatic nitrogens is 3. The van der Waals surface area contributed by atoms with E-state index in [1.54, 1.807) is 43.9 Å². The van der Waals surface area contributed by atoms with Gasteiger partial charge >= 0.3 is 0 Å². The zero-order chi connectivity index (χ0) is 20.2. The number of benzene rings is 1. The molecule has 3 aromatic heterocycles. The van der Waals surface area contributed by atoms with E-state index in [1.807, 2.05) is 41.7 Å². The number of anilines is 1. The minimum Gasteiger partial charge on any atom is -0.493 e. The summed E-state index contributed by atoms with van der Waals surface area (Å²) in [7, 11) is 1.57. The van der Waals surface area contributed by atoms with Gasteiger partial charge in [-0.1, -0.05) is 12.1 Å². The van der Waals surface area contributed by atoms with E-state index in [0.29, 0.717) is 29.5 Å². The molecular formula is C22H20N4O3. The van der Waals surface area contributed by atoms with Gasteiger partial charge in [0, 0.05) is 41.6 Å². The van der Waals surface area contributed by atoms with E-state index in [9.17, 15) is 4.79 Å². The van der Waals surface area contributed by atoms with Crippen LogP contribution in [0.1, 0.15) is 21.7 Å². The summed E-state index contributed by atoms with van der Waals surface area (Å²) in [5.74, 6) is 0.812. The van der Waals surface area contributed by atoms with Gasteiger partial charge in [0.05, 0.1) is 7.11 Å². The lowest BCUT2D eigenvalue weighted by Crippen LogP contribution is -2.12. The van der Waals surface area contributed by atoms with Crippen molar-refractivity contribution in [2.75, 3.05) is 12.4 Å². The molecule has 0 fully saturated rings. The molecule has 0 bridgehead atoms. The van der Waals surface area contributed by atoms with Crippen LogP contribution in [0.4, 0.5) is 5.69 Å². The predicted octanol–water partition coefficient (Wildman–Crippen LogP) is 3.88. The zero-order valence-corrected chi connectivity index (χ0v) is 16.1. The van der Waals surface area contributed by atoms with Crippen LogP contribution >= 0.6 is 0 Å². The number of methoxy groups -OCH3 is 1. The first-order chi connectivity index (χ1) is 14.1. The average Bonchev–Trinajstić information content (AvgIpc) is 3.19. The highest BCUT2D eigenvalue weighted by atomic mass is 16.5. The smallest absolute Gasteiger partial charge is 0.275 e. The topological polar surface area (TPSA) is 77.8 Å². The minimum atomic E-state index is -0.295. The Morgan fingerprint density at radius 1 is 1.14 bits per heavy atom. The Labute approximate surface area is 168 Å². The molecule has 7 heteroatoms. The average molecular weight is 388 g/mol. The fraction of sp³-hybridized carbons (Fsp3) is 0.136. The quantitative estimate of drug-likeness (QED) is 0.542. The number of imidazole rings is 1. The molecule has 0 saturated carbocycles. The molecule has 0 aliphatic rings. The van der Waals surface area contributed by atoms with Crippen molar-refractivity contribution in [3.8, 4) is 11.5 Å². The summed E-state index contributed by atoms with van der Waals surface area (Å²) in [4.78, 5) is 21.1. The number of aryl methyl sites for hydroxylation is 1. The summed E-state index contributed by atoms with van der Waals surface area (Å²) >= 11 is 0. The number of pyridine rings is 2. The third-order valence-electron chi connectivity index (χ3n) is 4.47. The zero-order valence-electron chi connectivity index (χ0n) is 16.1. The number of fused-ring (bicyclic) bond motifs is 1. The number of amides is 1. The van der Waals surface area contributed by atoms with Crippen LogP contribution in [0.3, 0.4) is 0 Å². The highest BCUT2D eigenvalue weighted by molar-refractivity contribution is 6.03. The Kier molecular flexibility index (Phi) is 5.11. The molecule has 4 rings (SSSR count). The highest BCUT2D eigenvalue weighted by Crippen LogP contribution is 2.31. The van der Waals surface area contributed by atoms with Crippen molar-refractivity contribution in [3.63, 3.8) is 0 Å². The molecule has 4 aromatic rings. The highest BCUT2D eigenvalue weighted by Gasteiger charge is 2.14. The van der Waals surface area contributed by atoms with Crippen molar-refractivity contribution in [3.05, 3.63) is 84.1 Å². The Bertz CT molecular complexity index is 1160. The molecule has 1 amide bonds. The Hall–Kier alpha value is -3.87. The third kappa shape index (κ3) is 4.03. The molecular weight excluding hydrogens is 368 g/mol. The number of hydrogen-bond acceptors (Lipinski definition) is 5. The van der Waals surface area contributed by atoms with E-state index in [0.717, 1.165) is 16.9 Å². The molecule has 3 heterocycles. The lowest BCUT2D eigenvalue weighted by Gasteiger charge is -2.12. The van der Waals surface area contributed by atoms with Gasteiger partial charge < -0.3 is 19.2 Å². The second kappa shape index (κ2) is 8.02. The van der Waals surface area contributed by atoms with Gasteiger partial charge in [-0.05, 0) is 37.3 Å². The molecule has 0 radical (unpaired) electrons. The summed E-state index contributed by atoms with van der Waals surface area (Å²) in [5, 5.41) is 2.87. The van der Waals surface area contributed by atoms with E-state index in [4.69, 9.17) is 9.47 Å². The van der Waals surface area contributed by atoms with Gasteiger partial charge in [-0.15, -0.1) is 0 Å². The molecule has 7 nitrogen and oxygen atoms in total. The molecule has 29 heavy (non-hydrogen) atoms. The molecule has 0 spiro atoms. The monoisotopic (exact) mass is 388 g/mol. The summed E-state index contributed by atoms with van der Waals surface area (Å²) in [6.45, 7) is 2.30. The van der Waals surface area contributed by atoms with Crippen molar-refractivity contribution in [2.24, 2.45) is 0 Å². The van der Waals surface area contributed by atoms with Gasteiger partial charge in [-0.3, -0.25) is 9.78 Å². The van der Waals surface area contributed by atoms with Gasteiger partial charge in [-0.25, -0.2) is 4.98 Å². The van der Waals surface area contributed by atoms with Crippen molar-refractivity contribution in [1.29, 1.82) is 0 Å². The fourth-order valence-corrected chi connectivity index (χ4v) is 2.96. The van der Waals surface area contributed by atoms with Gasteiger partial charge in [0.25, 0.3) is 5.91 Å².